The number of carbonyl (C=O) groups excluding carboxylic acids is 2. The van der Waals surface area contributed by atoms with Crippen molar-refractivity contribution in [3.05, 3.63) is 16.1 Å². The number of aryl methyl sites for hydroxylation is 1. The number of ether oxygens (including phenoxy) is 2. The summed E-state index contributed by atoms with van der Waals surface area (Å²) in [5.74, 6) is 0.562. The largest absolute Gasteiger partial charge is 0.447 e. The summed E-state index contributed by atoms with van der Waals surface area (Å²) in [4.78, 5) is 34.0. The Hall–Kier alpha value is -1.67. The Kier molecular flexibility index (Phi) is 7.07. The molecule has 0 spiro atoms. The summed E-state index contributed by atoms with van der Waals surface area (Å²) in [5.41, 5.74) is 2.57. The van der Waals surface area contributed by atoms with E-state index in [1.165, 1.54) is 11.3 Å². The monoisotopic (exact) mass is 395 g/mol. The molecule has 1 aromatic rings. The van der Waals surface area contributed by atoms with Crippen LogP contribution < -0.4 is 0 Å². The van der Waals surface area contributed by atoms with Crippen LogP contribution >= 0.6 is 11.3 Å². The van der Waals surface area contributed by atoms with E-state index >= 15 is 0 Å². The van der Waals surface area contributed by atoms with Crippen molar-refractivity contribution in [3.63, 3.8) is 0 Å². The van der Waals surface area contributed by atoms with Crippen LogP contribution in [0, 0.1) is 12.8 Å². The highest BCUT2D eigenvalue weighted by Crippen LogP contribution is 2.32. The molecule has 3 heterocycles. The maximum absolute atomic E-state index is 13.1. The topological polar surface area (TPSA) is 72.0 Å². The molecule has 2 aliphatic heterocycles. The van der Waals surface area contributed by atoms with Gasteiger partial charge in [0.25, 0.3) is 5.91 Å². The number of rotatable bonds is 5. The van der Waals surface area contributed by atoms with Gasteiger partial charge in [-0.3, -0.25) is 4.79 Å². The van der Waals surface area contributed by atoms with E-state index in [0.717, 1.165) is 49.2 Å². The van der Waals surface area contributed by atoms with Crippen molar-refractivity contribution >= 4 is 23.3 Å². The highest BCUT2D eigenvalue weighted by molar-refractivity contribution is 7.11. The first-order valence-electron chi connectivity index (χ1n) is 9.73. The molecule has 1 aromatic heterocycles. The second-order valence-electron chi connectivity index (χ2n) is 7.26. The quantitative estimate of drug-likeness (QED) is 0.717. The van der Waals surface area contributed by atoms with Gasteiger partial charge in [0.05, 0.1) is 17.8 Å². The molecular formula is C19H29N3O4S. The molecule has 150 valence electrons. The standard InChI is InChI=1S/C19H29N3O4S/c1-14-17(27-13-20-14)18(23)22-8-4-3-5-16(22)15-6-9-21(10-7-15)19(24)26-12-11-25-2/h13,15-16H,3-12H2,1-2H3. The van der Waals surface area contributed by atoms with Gasteiger partial charge in [0, 0.05) is 32.8 Å². The third-order valence-electron chi connectivity index (χ3n) is 5.60. The summed E-state index contributed by atoms with van der Waals surface area (Å²) in [6.07, 6.45) is 4.83. The first-order valence-corrected chi connectivity index (χ1v) is 10.6. The summed E-state index contributed by atoms with van der Waals surface area (Å²) in [6, 6.07) is 0.263. The number of methoxy groups -OCH3 is 1. The molecule has 7 nitrogen and oxygen atoms in total. The highest BCUT2D eigenvalue weighted by Gasteiger charge is 2.36. The molecule has 0 aromatic carbocycles. The van der Waals surface area contributed by atoms with Crippen LogP contribution in [0.4, 0.5) is 4.79 Å². The molecule has 0 radical (unpaired) electrons. The number of carbonyl (C=O) groups is 2. The molecule has 2 fully saturated rings. The number of hydrogen-bond acceptors (Lipinski definition) is 6. The van der Waals surface area contributed by atoms with Crippen LogP contribution in [-0.2, 0) is 9.47 Å². The molecule has 0 N–H and O–H groups in total. The summed E-state index contributed by atoms with van der Waals surface area (Å²) in [5, 5.41) is 0. The zero-order valence-electron chi connectivity index (χ0n) is 16.2. The van der Waals surface area contributed by atoms with E-state index in [-0.39, 0.29) is 24.6 Å². The summed E-state index contributed by atoms with van der Waals surface area (Å²) in [6.45, 7) is 4.80. The molecule has 3 rings (SSSR count). The molecule has 2 amide bonds. The lowest BCUT2D eigenvalue weighted by molar-refractivity contribution is 0.0339. The molecule has 1 atom stereocenters. The number of hydrogen-bond donors (Lipinski definition) is 0. The number of piperidine rings is 2. The van der Waals surface area contributed by atoms with Crippen LogP contribution in [0.3, 0.4) is 0 Å². The lowest BCUT2D eigenvalue weighted by Crippen LogP contribution is -2.51. The van der Waals surface area contributed by atoms with Crippen molar-refractivity contribution in [2.24, 2.45) is 5.92 Å². The summed E-state index contributed by atoms with van der Waals surface area (Å²) in [7, 11) is 1.59. The average molecular weight is 396 g/mol. The predicted octanol–water partition coefficient (Wildman–Crippen LogP) is 2.94. The van der Waals surface area contributed by atoms with Gasteiger partial charge >= 0.3 is 6.09 Å². The fourth-order valence-electron chi connectivity index (χ4n) is 4.11. The molecular weight excluding hydrogens is 366 g/mol. The fourth-order valence-corrected chi connectivity index (χ4v) is 4.87. The second kappa shape index (κ2) is 9.50. The van der Waals surface area contributed by atoms with Crippen molar-refractivity contribution in [3.8, 4) is 0 Å². The van der Waals surface area contributed by atoms with Crippen molar-refractivity contribution in [2.45, 2.75) is 45.1 Å². The number of likely N-dealkylation sites (tertiary alicyclic amines) is 2. The fraction of sp³-hybridized carbons (Fsp3) is 0.737. The molecule has 2 saturated heterocycles. The first kappa shape index (κ1) is 20.1. The van der Waals surface area contributed by atoms with Gasteiger partial charge in [0.1, 0.15) is 11.5 Å². The molecule has 0 saturated carbocycles. The minimum absolute atomic E-state index is 0.126. The smallest absolute Gasteiger partial charge is 0.409 e. The maximum Gasteiger partial charge on any atom is 0.409 e. The number of thiazole rings is 1. The number of aromatic nitrogens is 1. The van der Waals surface area contributed by atoms with Crippen LogP contribution in [0.1, 0.15) is 47.5 Å². The van der Waals surface area contributed by atoms with Crippen molar-refractivity contribution < 1.29 is 19.1 Å². The highest BCUT2D eigenvalue weighted by atomic mass is 32.1. The minimum atomic E-state index is -0.262. The lowest BCUT2D eigenvalue weighted by Gasteiger charge is -2.43. The molecule has 27 heavy (non-hydrogen) atoms. The molecule has 8 heteroatoms. The van der Waals surface area contributed by atoms with E-state index in [9.17, 15) is 9.59 Å². The van der Waals surface area contributed by atoms with Crippen LogP contribution in [0.15, 0.2) is 5.51 Å². The zero-order valence-corrected chi connectivity index (χ0v) is 17.0. The van der Waals surface area contributed by atoms with Gasteiger partial charge in [-0.15, -0.1) is 11.3 Å². The van der Waals surface area contributed by atoms with Crippen molar-refractivity contribution in [2.75, 3.05) is 40.0 Å². The van der Waals surface area contributed by atoms with Gasteiger partial charge in [0.15, 0.2) is 0 Å². The van der Waals surface area contributed by atoms with E-state index < -0.39 is 0 Å². The van der Waals surface area contributed by atoms with Gasteiger partial charge < -0.3 is 19.3 Å². The molecule has 0 bridgehead atoms. The molecule has 1 unspecified atom stereocenters. The Morgan fingerprint density at radius 2 is 1.96 bits per heavy atom. The molecule has 2 aliphatic rings. The van der Waals surface area contributed by atoms with Crippen LogP contribution in [0.2, 0.25) is 0 Å². The number of amides is 2. The van der Waals surface area contributed by atoms with Crippen molar-refractivity contribution in [1.29, 1.82) is 0 Å². The zero-order chi connectivity index (χ0) is 19.2. The first-order chi connectivity index (χ1) is 13.1. The van der Waals surface area contributed by atoms with E-state index in [1.807, 2.05) is 6.92 Å². The number of nitrogens with zero attached hydrogens (tertiary/aromatic N) is 3. The third kappa shape index (κ3) is 4.79. The van der Waals surface area contributed by atoms with Gasteiger partial charge in [-0.1, -0.05) is 0 Å². The van der Waals surface area contributed by atoms with E-state index in [1.54, 1.807) is 17.5 Å². The third-order valence-corrected chi connectivity index (χ3v) is 6.52. The second-order valence-corrected chi connectivity index (χ2v) is 8.11. The van der Waals surface area contributed by atoms with E-state index in [0.29, 0.717) is 25.6 Å². The van der Waals surface area contributed by atoms with Gasteiger partial charge in [0.2, 0.25) is 0 Å². The van der Waals surface area contributed by atoms with Crippen LogP contribution in [0.25, 0.3) is 0 Å². The van der Waals surface area contributed by atoms with Gasteiger partial charge in [-0.2, -0.15) is 0 Å². The van der Waals surface area contributed by atoms with Crippen LogP contribution in [-0.4, -0.2) is 72.8 Å². The Morgan fingerprint density at radius 3 is 2.63 bits per heavy atom. The van der Waals surface area contributed by atoms with E-state index in [4.69, 9.17) is 9.47 Å². The average Bonchev–Trinajstić information content (AvgIpc) is 3.13. The lowest BCUT2D eigenvalue weighted by atomic mass is 9.83. The summed E-state index contributed by atoms with van der Waals surface area (Å²) >= 11 is 1.43. The van der Waals surface area contributed by atoms with Crippen LogP contribution in [0.5, 0.6) is 0 Å². The Bertz CT molecular complexity index is 643. The maximum atomic E-state index is 13.1. The molecule has 0 aliphatic carbocycles. The van der Waals surface area contributed by atoms with Crippen molar-refractivity contribution in [1.82, 2.24) is 14.8 Å². The predicted molar refractivity (Wildman–Crippen MR) is 103 cm³/mol. The Balaban J connectivity index is 1.58. The Labute approximate surface area is 164 Å². The SMILES string of the molecule is COCCOC(=O)N1CCC(C2CCCCN2C(=O)c2scnc2C)CC1. The Morgan fingerprint density at radius 1 is 1.19 bits per heavy atom. The van der Waals surface area contributed by atoms with Gasteiger partial charge in [-0.25, -0.2) is 9.78 Å². The minimum Gasteiger partial charge on any atom is -0.447 e. The summed E-state index contributed by atoms with van der Waals surface area (Å²) < 4.78 is 10.1. The van der Waals surface area contributed by atoms with Gasteiger partial charge in [-0.05, 0) is 44.9 Å². The van der Waals surface area contributed by atoms with E-state index in [2.05, 4.69) is 9.88 Å². The normalized spacial score (nSPS) is 21.3.